The number of carbonyl (C=O) groups excluding carboxylic acids is 1. The van der Waals surface area contributed by atoms with Gasteiger partial charge in [-0.1, -0.05) is 0 Å². The van der Waals surface area contributed by atoms with Gasteiger partial charge in [0.2, 0.25) is 0 Å². The zero-order valence-electron chi connectivity index (χ0n) is 13.1. The fraction of sp³-hybridized carbons (Fsp3) is 0.412. The second-order valence-corrected chi connectivity index (χ2v) is 6.19. The van der Waals surface area contributed by atoms with E-state index < -0.39 is 11.9 Å². The van der Waals surface area contributed by atoms with Crippen molar-refractivity contribution in [3.05, 3.63) is 35.3 Å². The molecule has 1 aromatic carbocycles. The van der Waals surface area contributed by atoms with Crippen LogP contribution in [0.3, 0.4) is 0 Å². The first-order chi connectivity index (χ1) is 10.9. The number of hydrogen-bond acceptors (Lipinski definition) is 2. The first kappa shape index (κ1) is 15.5. The monoisotopic (exact) mass is 318 g/mol. The molecule has 0 saturated carbocycles. The van der Waals surface area contributed by atoms with Crippen LogP contribution < -0.4 is 0 Å². The van der Waals surface area contributed by atoms with E-state index in [0.717, 1.165) is 10.9 Å². The molecule has 1 aliphatic heterocycles. The van der Waals surface area contributed by atoms with Crippen molar-refractivity contribution < 1.29 is 19.1 Å². The van der Waals surface area contributed by atoms with Gasteiger partial charge in [0.15, 0.2) is 0 Å². The highest BCUT2D eigenvalue weighted by Crippen LogP contribution is 2.27. The van der Waals surface area contributed by atoms with Crippen molar-refractivity contribution >= 4 is 22.8 Å². The van der Waals surface area contributed by atoms with Crippen LogP contribution >= 0.6 is 0 Å². The lowest BCUT2D eigenvalue weighted by Crippen LogP contribution is -2.49. The maximum absolute atomic E-state index is 13.5. The lowest BCUT2D eigenvalue weighted by molar-refractivity contribution is -0.144. The third kappa shape index (κ3) is 2.69. The summed E-state index contributed by atoms with van der Waals surface area (Å²) in [4.78, 5) is 28.6. The molecule has 122 valence electrons. The average molecular weight is 318 g/mol. The van der Waals surface area contributed by atoms with Crippen molar-refractivity contribution in [2.45, 2.75) is 32.7 Å². The minimum Gasteiger partial charge on any atom is -0.481 e. The highest BCUT2D eigenvalue weighted by Gasteiger charge is 2.36. The van der Waals surface area contributed by atoms with E-state index in [9.17, 15) is 19.1 Å². The standard InChI is InChI=1S/C17H19FN2O3/c1-9-6-11(18)7-14-13(9)8-15(19-14)16(21)20-5-3-4-12(10(20)2)17(22)23/h6-8,10,12,19H,3-5H2,1-2H3,(H,22,23)/t10-,12-/m1/s1. The van der Waals surface area contributed by atoms with Gasteiger partial charge in [0, 0.05) is 23.5 Å². The van der Waals surface area contributed by atoms with E-state index in [4.69, 9.17) is 0 Å². The van der Waals surface area contributed by atoms with Crippen molar-refractivity contribution in [3.63, 3.8) is 0 Å². The molecule has 1 saturated heterocycles. The topological polar surface area (TPSA) is 73.4 Å². The van der Waals surface area contributed by atoms with Gasteiger partial charge in [-0.15, -0.1) is 0 Å². The smallest absolute Gasteiger partial charge is 0.308 e. The Morgan fingerprint density at radius 2 is 2.09 bits per heavy atom. The van der Waals surface area contributed by atoms with Crippen LogP contribution in [0.4, 0.5) is 4.39 Å². The number of hydrogen-bond donors (Lipinski definition) is 2. The summed E-state index contributed by atoms with van der Waals surface area (Å²) in [5.41, 5.74) is 1.70. The van der Waals surface area contributed by atoms with Gasteiger partial charge in [0.25, 0.3) is 5.91 Å². The summed E-state index contributed by atoms with van der Waals surface area (Å²) in [6.45, 7) is 4.09. The summed E-state index contributed by atoms with van der Waals surface area (Å²) in [5.74, 6) is -2.01. The number of carboxylic acids is 1. The van der Waals surface area contributed by atoms with Crippen molar-refractivity contribution in [2.24, 2.45) is 5.92 Å². The third-order valence-corrected chi connectivity index (χ3v) is 4.71. The molecule has 0 unspecified atom stereocenters. The van der Waals surface area contributed by atoms with Crippen molar-refractivity contribution in [2.75, 3.05) is 6.54 Å². The van der Waals surface area contributed by atoms with Gasteiger partial charge in [-0.3, -0.25) is 9.59 Å². The molecule has 0 spiro atoms. The van der Waals surface area contributed by atoms with Crippen molar-refractivity contribution in [1.82, 2.24) is 9.88 Å². The molecule has 2 aromatic rings. The van der Waals surface area contributed by atoms with Gasteiger partial charge in [0.05, 0.1) is 5.92 Å². The number of aliphatic carboxylic acids is 1. The highest BCUT2D eigenvalue weighted by molar-refractivity contribution is 5.99. The van der Waals surface area contributed by atoms with E-state index in [2.05, 4.69) is 4.98 Å². The van der Waals surface area contributed by atoms with Crippen molar-refractivity contribution in [1.29, 1.82) is 0 Å². The van der Waals surface area contributed by atoms with E-state index in [0.29, 0.717) is 30.6 Å². The molecule has 2 heterocycles. The molecule has 2 atom stereocenters. The van der Waals surface area contributed by atoms with Crippen LogP contribution in [0.5, 0.6) is 0 Å². The highest BCUT2D eigenvalue weighted by atomic mass is 19.1. The largest absolute Gasteiger partial charge is 0.481 e. The summed E-state index contributed by atoms with van der Waals surface area (Å²) in [6.07, 6.45) is 1.25. The van der Waals surface area contributed by atoms with Crippen LogP contribution in [-0.4, -0.2) is 39.5 Å². The van der Waals surface area contributed by atoms with E-state index in [1.807, 2.05) is 0 Å². The number of amides is 1. The Kier molecular flexibility index (Phi) is 3.83. The molecular weight excluding hydrogens is 299 g/mol. The number of piperidine rings is 1. The Bertz CT molecular complexity index is 783. The first-order valence-electron chi connectivity index (χ1n) is 7.71. The fourth-order valence-corrected chi connectivity index (χ4v) is 3.40. The molecule has 1 aromatic heterocycles. The molecule has 1 aliphatic rings. The van der Waals surface area contributed by atoms with Crippen LogP contribution in [0.1, 0.15) is 35.8 Å². The molecule has 1 fully saturated rings. The number of aryl methyl sites for hydroxylation is 1. The van der Waals surface area contributed by atoms with Crippen molar-refractivity contribution in [3.8, 4) is 0 Å². The predicted molar refractivity (Wildman–Crippen MR) is 83.9 cm³/mol. The Hall–Kier alpha value is -2.37. The summed E-state index contributed by atoms with van der Waals surface area (Å²) < 4.78 is 13.5. The van der Waals surface area contributed by atoms with Gasteiger partial charge in [-0.2, -0.15) is 0 Å². The van der Waals surface area contributed by atoms with Crippen LogP contribution in [0.15, 0.2) is 18.2 Å². The Labute approximate surface area is 133 Å². The number of aromatic amines is 1. The minimum absolute atomic E-state index is 0.237. The van der Waals surface area contributed by atoms with Gasteiger partial charge >= 0.3 is 5.97 Å². The zero-order chi connectivity index (χ0) is 16.7. The molecule has 0 radical (unpaired) electrons. The van der Waals surface area contributed by atoms with Crippen LogP contribution in [0.25, 0.3) is 10.9 Å². The third-order valence-electron chi connectivity index (χ3n) is 4.71. The maximum atomic E-state index is 13.5. The summed E-state index contributed by atoms with van der Waals surface area (Å²) in [7, 11) is 0. The second-order valence-electron chi connectivity index (χ2n) is 6.19. The van der Waals surface area contributed by atoms with E-state index >= 15 is 0 Å². The van der Waals surface area contributed by atoms with Gasteiger partial charge in [0.1, 0.15) is 11.5 Å². The molecule has 0 bridgehead atoms. The van der Waals surface area contributed by atoms with Gasteiger partial charge in [-0.05, 0) is 50.5 Å². The number of halogens is 1. The number of rotatable bonds is 2. The molecule has 5 nitrogen and oxygen atoms in total. The number of aromatic nitrogens is 1. The molecule has 0 aliphatic carbocycles. The lowest BCUT2D eigenvalue weighted by Gasteiger charge is -2.37. The van der Waals surface area contributed by atoms with E-state index in [-0.39, 0.29) is 17.8 Å². The quantitative estimate of drug-likeness (QED) is 0.894. The lowest BCUT2D eigenvalue weighted by atomic mass is 9.90. The fourth-order valence-electron chi connectivity index (χ4n) is 3.40. The van der Waals surface area contributed by atoms with Gasteiger partial charge < -0.3 is 15.0 Å². The summed E-state index contributed by atoms with van der Waals surface area (Å²) in [6, 6.07) is 4.13. The molecule has 2 N–H and O–H groups in total. The first-order valence-corrected chi connectivity index (χ1v) is 7.71. The molecule has 23 heavy (non-hydrogen) atoms. The SMILES string of the molecule is Cc1cc(F)cc2[nH]c(C(=O)N3CCC[C@@H](C(=O)O)[C@H]3C)cc12. The number of H-pyrrole nitrogens is 1. The molecule has 6 heteroatoms. The Morgan fingerprint density at radius 3 is 2.78 bits per heavy atom. The zero-order valence-corrected chi connectivity index (χ0v) is 13.1. The number of nitrogens with one attached hydrogen (secondary N) is 1. The summed E-state index contributed by atoms with van der Waals surface area (Å²) >= 11 is 0. The number of likely N-dealkylation sites (tertiary alicyclic amines) is 1. The van der Waals surface area contributed by atoms with E-state index in [1.54, 1.807) is 24.8 Å². The normalized spacial score (nSPS) is 21.6. The Balaban J connectivity index is 1.93. The average Bonchev–Trinajstić information content (AvgIpc) is 2.90. The van der Waals surface area contributed by atoms with Crippen LogP contribution in [0.2, 0.25) is 0 Å². The molecule has 1 amide bonds. The van der Waals surface area contributed by atoms with Crippen LogP contribution in [0, 0.1) is 18.7 Å². The molecule has 3 rings (SSSR count). The van der Waals surface area contributed by atoms with E-state index in [1.165, 1.54) is 12.1 Å². The molecular formula is C17H19FN2O3. The summed E-state index contributed by atoms with van der Waals surface area (Å²) in [5, 5.41) is 10.1. The number of carbonyl (C=O) groups is 2. The van der Waals surface area contributed by atoms with Crippen LogP contribution in [-0.2, 0) is 4.79 Å². The number of nitrogens with zero attached hydrogens (tertiary/aromatic N) is 1. The number of carboxylic acid groups (broad SMARTS) is 1. The van der Waals surface area contributed by atoms with Gasteiger partial charge in [-0.25, -0.2) is 4.39 Å². The second kappa shape index (κ2) is 5.68. The number of fused-ring (bicyclic) bond motifs is 1. The maximum Gasteiger partial charge on any atom is 0.308 e. The Morgan fingerprint density at radius 1 is 1.35 bits per heavy atom. The minimum atomic E-state index is -0.871. The number of benzene rings is 1. The predicted octanol–water partition coefficient (Wildman–Crippen LogP) is 2.94.